The van der Waals surface area contributed by atoms with Crippen molar-refractivity contribution in [3.05, 3.63) is 35.9 Å². The van der Waals surface area contributed by atoms with Crippen LogP contribution in [0.1, 0.15) is 44.1 Å². The second kappa shape index (κ2) is 4.61. The summed E-state index contributed by atoms with van der Waals surface area (Å²) in [4.78, 5) is 11.8. The van der Waals surface area contributed by atoms with Crippen LogP contribution in [0.3, 0.4) is 0 Å². The summed E-state index contributed by atoms with van der Waals surface area (Å²) in [6.07, 6.45) is 4.18. The smallest absolute Gasteiger partial charge is 0.136 e. The van der Waals surface area contributed by atoms with E-state index in [-0.39, 0.29) is 5.92 Å². The van der Waals surface area contributed by atoms with E-state index in [1.54, 1.807) is 0 Å². The van der Waals surface area contributed by atoms with Crippen LogP contribution in [-0.2, 0) is 4.79 Å². The van der Waals surface area contributed by atoms with E-state index in [1.807, 2.05) is 6.07 Å². The third-order valence-corrected chi connectivity index (χ3v) is 3.53. The fraction of sp³-hybridized carbons (Fsp3) is 0.500. The predicted molar refractivity (Wildman–Crippen MR) is 61.8 cm³/mol. The van der Waals surface area contributed by atoms with Gasteiger partial charge in [-0.05, 0) is 24.3 Å². The summed E-state index contributed by atoms with van der Waals surface area (Å²) < 4.78 is 0. The van der Waals surface area contributed by atoms with E-state index in [4.69, 9.17) is 0 Å². The fourth-order valence-corrected chi connectivity index (χ4v) is 2.53. The normalized spacial score (nSPS) is 23.8. The Kier molecular flexibility index (Phi) is 3.20. The molecule has 0 bridgehead atoms. The lowest BCUT2D eigenvalue weighted by Crippen LogP contribution is -2.24. The Balaban J connectivity index is 2.13. The van der Waals surface area contributed by atoms with Gasteiger partial charge in [-0.2, -0.15) is 0 Å². The van der Waals surface area contributed by atoms with Gasteiger partial charge in [0.05, 0.1) is 0 Å². The highest BCUT2D eigenvalue weighted by Gasteiger charge is 2.27. The number of benzene rings is 1. The molecule has 1 fully saturated rings. The number of carbonyl (C=O) groups is 1. The molecule has 2 unspecified atom stereocenters. The average Bonchev–Trinajstić information content (AvgIpc) is 2.30. The maximum absolute atomic E-state index is 11.8. The largest absolute Gasteiger partial charge is 0.299 e. The molecule has 2 rings (SSSR count). The zero-order valence-corrected chi connectivity index (χ0v) is 9.28. The standard InChI is InChI=1S/C14H18O/c1-11(12-7-3-2-4-8-12)13-9-5-6-10-14(13)15/h2-4,7-8,11,13H,5-6,9-10H2,1H3. The lowest BCUT2D eigenvalue weighted by atomic mass is 9.77. The lowest BCUT2D eigenvalue weighted by Gasteiger charge is -2.26. The Hall–Kier alpha value is -1.11. The second-order valence-electron chi connectivity index (χ2n) is 4.52. The molecule has 0 aromatic heterocycles. The summed E-state index contributed by atoms with van der Waals surface area (Å²) in [5.74, 6) is 1.12. The molecule has 1 nitrogen and oxygen atoms in total. The molecule has 2 atom stereocenters. The van der Waals surface area contributed by atoms with E-state index >= 15 is 0 Å². The number of rotatable bonds is 2. The van der Waals surface area contributed by atoms with Crippen LogP contribution in [0.4, 0.5) is 0 Å². The summed E-state index contributed by atoms with van der Waals surface area (Å²) in [5, 5.41) is 0. The summed E-state index contributed by atoms with van der Waals surface area (Å²) in [6, 6.07) is 10.4. The third kappa shape index (κ3) is 2.28. The van der Waals surface area contributed by atoms with Crippen LogP contribution in [0.5, 0.6) is 0 Å². The molecule has 1 heteroatoms. The lowest BCUT2D eigenvalue weighted by molar-refractivity contribution is -0.125. The number of hydrogen-bond acceptors (Lipinski definition) is 1. The predicted octanol–water partition coefficient (Wildman–Crippen LogP) is 3.55. The molecule has 0 saturated heterocycles. The zero-order valence-electron chi connectivity index (χ0n) is 9.28. The molecule has 0 radical (unpaired) electrons. The van der Waals surface area contributed by atoms with Gasteiger partial charge >= 0.3 is 0 Å². The minimum absolute atomic E-state index is 0.265. The molecule has 1 aromatic rings. The Morgan fingerprint density at radius 2 is 1.93 bits per heavy atom. The second-order valence-corrected chi connectivity index (χ2v) is 4.52. The van der Waals surface area contributed by atoms with Crippen molar-refractivity contribution in [2.75, 3.05) is 0 Å². The SMILES string of the molecule is CC(c1ccccc1)C1CCCCC1=O. The molecular weight excluding hydrogens is 184 g/mol. The van der Waals surface area contributed by atoms with Gasteiger partial charge in [0.25, 0.3) is 0 Å². The van der Waals surface area contributed by atoms with Gasteiger partial charge in [-0.25, -0.2) is 0 Å². The van der Waals surface area contributed by atoms with Gasteiger partial charge in [0.15, 0.2) is 0 Å². The molecule has 0 heterocycles. The monoisotopic (exact) mass is 202 g/mol. The zero-order chi connectivity index (χ0) is 10.7. The van der Waals surface area contributed by atoms with Crippen molar-refractivity contribution in [1.29, 1.82) is 0 Å². The van der Waals surface area contributed by atoms with Gasteiger partial charge in [0.2, 0.25) is 0 Å². The number of carbonyl (C=O) groups excluding carboxylic acids is 1. The molecule has 80 valence electrons. The van der Waals surface area contributed by atoms with E-state index in [0.29, 0.717) is 11.7 Å². The van der Waals surface area contributed by atoms with E-state index < -0.39 is 0 Å². The summed E-state index contributed by atoms with van der Waals surface area (Å²) >= 11 is 0. The van der Waals surface area contributed by atoms with Crippen LogP contribution in [0.15, 0.2) is 30.3 Å². The Morgan fingerprint density at radius 1 is 1.20 bits per heavy atom. The first-order valence-electron chi connectivity index (χ1n) is 5.86. The number of Topliss-reactive ketones (excluding diaryl/α,β-unsaturated/α-hetero) is 1. The maximum Gasteiger partial charge on any atom is 0.136 e. The van der Waals surface area contributed by atoms with Crippen molar-refractivity contribution in [2.45, 2.75) is 38.5 Å². The van der Waals surface area contributed by atoms with Crippen molar-refractivity contribution >= 4 is 5.78 Å². The van der Waals surface area contributed by atoms with Gasteiger partial charge < -0.3 is 0 Å². The van der Waals surface area contributed by atoms with E-state index in [0.717, 1.165) is 19.3 Å². The maximum atomic E-state index is 11.8. The van der Waals surface area contributed by atoms with Gasteiger partial charge in [-0.1, -0.05) is 43.7 Å². The van der Waals surface area contributed by atoms with Gasteiger partial charge in [0.1, 0.15) is 5.78 Å². The summed E-state index contributed by atoms with van der Waals surface area (Å²) in [6.45, 7) is 2.18. The first kappa shape index (κ1) is 10.4. The van der Waals surface area contributed by atoms with Crippen molar-refractivity contribution < 1.29 is 4.79 Å². The van der Waals surface area contributed by atoms with Crippen LogP contribution in [0.2, 0.25) is 0 Å². The van der Waals surface area contributed by atoms with Crippen LogP contribution in [-0.4, -0.2) is 5.78 Å². The number of ketones is 1. The fourth-order valence-electron chi connectivity index (χ4n) is 2.53. The Labute approximate surface area is 91.5 Å². The van der Waals surface area contributed by atoms with Gasteiger partial charge in [-0.15, -0.1) is 0 Å². The summed E-state index contributed by atoms with van der Waals surface area (Å²) in [5.41, 5.74) is 1.30. The first-order chi connectivity index (χ1) is 7.29. The molecule has 0 aliphatic heterocycles. The number of hydrogen-bond donors (Lipinski definition) is 0. The summed E-state index contributed by atoms with van der Waals surface area (Å²) in [7, 11) is 0. The van der Waals surface area contributed by atoms with Crippen molar-refractivity contribution in [3.63, 3.8) is 0 Å². The molecular formula is C14H18O. The molecule has 1 aromatic carbocycles. The average molecular weight is 202 g/mol. The van der Waals surface area contributed by atoms with E-state index in [9.17, 15) is 4.79 Å². The highest BCUT2D eigenvalue weighted by atomic mass is 16.1. The van der Waals surface area contributed by atoms with Crippen molar-refractivity contribution in [1.82, 2.24) is 0 Å². The Bertz CT molecular complexity index is 328. The van der Waals surface area contributed by atoms with E-state index in [1.165, 1.54) is 12.0 Å². The quantitative estimate of drug-likeness (QED) is 0.716. The van der Waals surface area contributed by atoms with Crippen LogP contribution in [0, 0.1) is 5.92 Å². The first-order valence-corrected chi connectivity index (χ1v) is 5.86. The van der Waals surface area contributed by atoms with Crippen LogP contribution in [0.25, 0.3) is 0 Å². The molecule has 1 aliphatic rings. The van der Waals surface area contributed by atoms with Gasteiger partial charge in [-0.3, -0.25) is 4.79 Å². The van der Waals surface area contributed by atoms with E-state index in [2.05, 4.69) is 31.2 Å². The molecule has 1 aliphatic carbocycles. The van der Waals surface area contributed by atoms with Crippen molar-refractivity contribution in [2.24, 2.45) is 5.92 Å². The van der Waals surface area contributed by atoms with Crippen LogP contribution < -0.4 is 0 Å². The Morgan fingerprint density at radius 3 is 2.60 bits per heavy atom. The van der Waals surface area contributed by atoms with Crippen LogP contribution >= 0.6 is 0 Å². The van der Waals surface area contributed by atoms with Crippen molar-refractivity contribution in [3.8, 4) is 0 Å². The minimum Gasteiger partial charge on any atom is -0.299 e. The topological polar surface area (TPSA) is 17.1 Å². The molecule has 15 heavy (non-hydrogen) atoms. The molecule has 0 N–H and O–H groups in total. The highest BCUT2D eigenvalue weighted by molar-refractivity contribution is 5.82. The highest BCUT2D eigenvalue weighted by Crippen LogP contribution is 2.33. The van der Waals surface area contributed by atoms with Gasteiger partial charge in [0, 0.05) is 12.3 Å². The minimum atomic E-state index is 0.265. The third-order valence-electron chi connectivity index (χ3n) is 3.53. The molecule has 1 saturated carbocycles. The molecule has 0 spiro atoms. The molecule has 0 amide bonds.